The molecule has 7 heteroatoms. The van der Waals surface area contributed by atoms with E-state index in [2.05, 4.69) is 10.3 Å². The number of nitrogens with zero attached hydrogens (tertiary/aromatic N) is 1. The molecule has 2 heterocycles. The molecule has 0 bridgehead atoms. The molecule has 124 valence electrons. The van der Waals surface area contributed by atoms with Crippen LogP contribution < -0.4 is 5.32 Å². The number of amides is 1. The first-order valence-corrected chi connectivity index (χ1v) is 7.99. The van der Waals surface area contributed by atoms with Crippen LogP contribution in [-0.2, 0) is 16.8 Å². The van der Waals surface area contributed by atoms with Gasteiger partial charge >= 0.3 is 5.97 Å². The Morgan fingerprint density at radius 3 is 2.52 bits per heavy atom. The van der Waals surface area contributed by atoms with Gasteiger partial charge in [0.2, 0.25) is 0 Å². The lowest BCUT2D eigenvalue weighted by molar-refractivity contribution is -0.136. The van der Waals surface area contributed by atoms with Gasteiger partial charge < -0.3 is 14.8 Å². The summed E-state index contributed by atoms with van der Waals surface area (Å²) in [5.74, 6) is -1.24. The number of carboxylic acid groups (broad SMARTS) is 1. The Bertz CT molecular complexity index is 739. The maximum absolute atomic E-state index is 12.6. The van der Waals surface area contributed by atoms with E-state index in [1.165, 1.54) is 17.6 Å². The van der Waals surface area contributed by atoms with E-state index in [0.717, 1.165) is 15.6 Å². The highest BCUT2D eigenvalue weighted by molar-refractivity contribution is 7.11. The lowest BCUT2D eigenvalue weighted by Crippen LogP contribution is -2.41. The lowest BCUT2D eigenvalue weighted by Gasteiger charge is -2.24. The van der Waals surface area contributed by atoms with E-state index in [0.29, 0.717) is 5.56 Å². The lowest BCUT2D eigenvalue weighted by atomic mass is 10.0. The minimum Gasteiger partial charge on any atom is -0.481 e. The average molecular weight is 336 g/mol. The molecule has 6 nitrogen and oxygen atoms in total. The van der Waals surface area contributed by atoms with Gasteiger partial charge in [0.25, 0.3) is 5.91 Å². The van der Waals surface area contributed by atoms with Crippen LogP contribution in [0.25, 0.3) is 0 Å². The smallest absolute Gasteiger partial charge is 0.311 e. The molecule has 1 amide bonds. The third-order valence-electron chi connectivity index (χ3n) is 3.58. The van der Waals surface area contributed by atoms with E-state index in [1.54, 1.807) is 6.92 Å². The topological polar surface area (TPSA) is 92.4 Å². The van der Waals surface area contributed by atoms with Crippen molar-refractivity contribution < 1.29 is 19.1 Å². The Morgan fingerprint density at radius 2 is 2.00 bits per heavy atom. The fourth-order valence-corrected chi connectivity index (χ4v) is 3.18. The zero-order valence-electron chi connectivity index (χ0n) is 13.8. The van der Waals surface area contributed by atoms with E-state index < -0.39 is 11.5 Å². The number of aliphatic carboxylic acids is 1. The summed E-state index contributed by atoms with van der Waals surface area (Å²) in [7, 11) is 0. The zero-order valence-corrected chi connectivity index (χ0v) is 14.6. The summed E-state index contributed by atoms with van der Waals surface area (Å²) in [5, 5.41) is 12.7. The van der Waals surface area contributed by atoms with E-state index in [1.807, 2.05) is 27.7 Å². The van der Waals surface area contributed by atoms with E-state index in [-0.39, 0.29) is 23.7 Å². The van der Waals surface area contributed by atoms with Gasteiger partial charge in [0.05, 0.1) is 23.1 Å². The molecule has 0 radical (unpaired) electrons. The number of nitrogens with one attached hydrogen (secondary N) is 1. The minimum atomic E-state index is -1.04. The van der Waals surface area contributed by atoms with Crippen molar-refractivity contribution >= 4 is 23.2 Å². The standard InChI is InChI=1S/C16H20N2O4S/c1-8-7-22-11(6-12(19)20)13(8)14(21)18-16(4,5)15-17-9(2)10(3)23-15/h7H,6H2,1-5H3,(H,18,21)(H,19,20). The fraction of sp³-hybridized carbons (Fsp3) is 0.438. The molecule has 0 saturated carbocycles. The molecule has 23 heavy (non-hydrogen) atoms. The molecule has 0 spiro atoms. The van der Waals surface area contributed by atoms with E-state index in [9.17, 15) is 9.59 Å². The Morgan fingerprint density at radius 1 is 1.35 bits per heavy atom. The second-order valence-electron chi connectivity index (χ2n) is 6.03. The second kappa shape index (κ2) is 6.16. The number of carbonyl (C=O) groups is 2. The van der Waals surface area contributed by atoms with Crippen molar-refractivity contribution in [3.63, 3.8) is 0 Å². The zero-order chi connectivity index (χ0) is 17.4. The number of aryl methyl sites for hydroxylation is 3. The van der Waals surface area contributed by atoms with Gasteiger partial charge in [0.1, 0.15) is 17.2 Å². The second-order valence-corrected chi connectivity index (χ2v) is 7.23. The quantitative estimate of drug-likeness (QED) is 0.876. The van der Waals surface area contributed by atoms with Crippen LogP contribution in [0.15, 0.2) is 10.7 Å². The number of hydrogen-bond donors (Lipinski definition) is 2. The van der Waals surface area contributed by atoms with Crippen molar-refractivity contribution in [1.29, 1.82) is 0 Å². The molecule has 0 fully saturated rings. The van der Waals surface area contributed by atoms with E-state index in [4.69, 9.17) is 9.52 Å². The summed E-state index contributed by atoms with van der Waals surface area (Å²) in [6.45, 7) is 9.37. The molecule has 0 atom stereocenters. The average Bonchev–Trinajstić information content (AvgIpc) is 2.93. The third-order valence-corrected chi connectivity index (χ3v) is 4.98. The predicted octanol–water partition coefficient (Wildman–Crippen LogP) is 2.95. The molecule has 0 aliphatic carbocycles. The molecule has 2 aromatic heterocycles. The molecule has 2 rings (SSSR count). The molecule has 0 saturated heterocycles. The van der Waals surface area contributed by atoms with Crippen molar-refractivity contribution in [2.24, 2.45) is 0 Å². The van der Waals surface area contributed by atoms with Gasteiger partial charge in [-0.2, -0.15) is 0 Å². The highest BCUT2D eigenvalue weighted by Crippen LogP contribution is 2.28. The van der Waals surface area contributed by atoms with Crippen molar-refractivity contribution in [2.45, 2.75) is 46.6 Å². The maximum atomic E-state index is 12.6. The van der Waals surface area contributed by atoms with Gasteiger partial charge in [-0.15, -0.1) is 11.3 Å². The van der Waals surface area contributed by atoms with Gasteiger partial charge in [-0.3, -0.25) is 9.59 Å². The van der Waals surface area contributed by atoms with Gasteiger partial charge in [-0.1, -0.05) is 0 Å². The SMILES string of the molecule is Cc1coc(CC(=O)O)c1C(=O)NC(C)(C)c1nc(C)c(C)s1. The first kappa shape index (κ1) is 17.2. The summed E-state index contributed by atoms with van der Waals surface area (Å²) >= 11 is 1.54. The fourth-order valence-electron chi connectivity index (χ4n) is 2.21. The van der Waals surface area contributed by atoms with Crippen molar-refractivity contribution in [1.82, 2.24) is 10.3 Å². The summed E-state index contributed by atoms with van der Waals surface area (Å²) in [4.78, 5) is 29.1. The summed E-state index contributed by atoms with van der Waals surface area (Å²) < 4.78 is 5.22. The Balaban J connectivity index is 2.28. The number of furan rings is 1. The van der Waals surface area contributed by atoms with Crippen LogP contribution in [0.3, 0.4) is 0 Å². The Labute approximate surface area is 138 Å². The van der Waals surface area contributed by atoms with Crippen LogP contribution in [0.2, 0.25) is 0 Å². The maximum Gasteiger partial charge on any atom is 0.311 e. The van der Waals surface area contributed by atoms with Crippen LogP contribution in [0.4, 0.5) is 0 Å². The molecule has 0 unspecified atom stereocenters. The van der Waals surface area contributed by atoms with Crippen LogP contribution >= 0.6 is 11.3 Å². The molecular weight excluding hydrogens is 316 g/mol. The summed E-state index contributed by atoms with van der Waals surface area (Å²) in [5.41, 5.74) is 1.18. The van der Waals surface area contributed by atoms with Gasteiger partial charge in [-0.25, -0.2) is 4.98 Å². The van der Waals surface area contributed by atoms with Crippen LogP contribution in [-0.4, -0.2) is 22.0 Å². The van der Waals surface area contributed by atoms with Crippen molar-refractivity contribution in [3.05, 3.63) is 38.7 Å². The monoisotopic (exact) mass is 336 g/mol. The van der Waals surface area contributed by atoms with Crippen LogP contribution in [0, 0.1) is 20.8 Å². The van der Waals surface area contributed by atoms with Crippen molar-refractivity contribution in [3.8, 4) is 0 Å². The molecular formula is C16H20N2O4S. The van der Waals surface area contributed by atoms with Gasteiger partial charge in [0.15, 0.2) is 0 Å². The third kappa shape index (κ3) is 3.61. The summed E-state index contributed by atoms with van der Waals surface area (Å²) in [6, 6.07) is 0. The first-order chi connectivity index (χ1) is 10.6. The highest BCUT2D eigenvalue weighted by atomic mass is 32.1. The van der Waals surface area contributed by atoms with Crippen LogP contribution in [0.1, 0.15) is 51.1 Å². The molecule has 0 aliphatic rings. The number of rotatable bonds is 5. The minimum absolute atomic E-state index is 0.162. The number of carbonyl (C=O) groups excluding carboxylic acids is 1. The Hall–Kier alpha value is -2.15. The van der Waals surface area contributed by atoms with Gasteiger partial charge in [0, 0.05) is 10.4 Å². The van der Waals surface area contributed by atoms with Crippen LogP contribution in [0.5, 0.6) is 0 Å². The van der Waals surface area contributed by atoms with Gasteiger partial charge in [-0.05, 0) is 34.6 Å². The normalized spacial score (nSPS) is 11.5. The largest absolute Gasteiger partial charge is 0.481 e. The number of hydrogen-bond acceptors (Lipinski definition) is 5. The Kier molecular flexibility index (Phi) is 4.61. The highest BCUT2D eigenvalue weighted by Gasteiger charge is 2.30. The molecule has 2 N–H and O–H groups in total. The summed E-state index contributed by atoms with van der Waals surface area (Å²) in [6.07, 6.45) is 1.07. The predicted molar refractivity (Wildman–Crippen MR) is 86.9 cm³/mol. The first-order valence-electron chi connectivity index (χ1n) is 7.17. The van der Waals surface area contributed by atoms with Crippen molar-refractivity contribution in [2.75, 3.05) is 0 Å². The number of carboxylic acids is 1. The van der Waals surface area contributed by atoms with E-state index >= 15 is 0 Å². The molecule has 2 aromatic rings. The number of thiazole rings is 1. The molecule has 0 aliphatic heterocycles. The number of aromatic nitrogens is 1. The molecule has 0 aromatic carbocycles.